The molecule has 4 N–H and O–H groups in total. The smallest absolute Gasteiger partial charge is 0.252 e. The fourth-order valence-electron chi connectivity index (χ4n) is 4.45. The van der Waals surface area contributed by atoms with Crippen molar-refractivity contribution in [3.63, 3.8) is 0 Å². The number of aromatic nitrogens is 8. The van der Waals surface area contributed by atoms with E-state index in [0.29, 0.717) is 53.7 Å². The van der Waals surface area contributed by atoms with E-state index in [9.17, 15) is 19.2 Å². The molecule has 2 aliphatic carbocycles. The predicted octanol–water partition coefficient (Wildman–Crippen LogP) is 1.58. The number of aryl methyl sites for hydroxylation is 4. The van der Waals surface area contributed by atoms with Gasteiger partial charge in [-0.3, -0.25) is 29.1 Å². The number of H-pyrrole nitrogens is 2. The van der Waals surface area contributed by atoms with Crippen molar-refractivity contribution < 1.29 is 9.59 Å². The summed E-state index contributed by atoms with van der Waals surface area (Å²) in [5.74, 6) is 1.02. The molecule has 0 radical (unpaired) electrons. The highest BCUT2D eigenvalue weighted by atomic mass is 16.2. The number of rotatable bonds is 10. The highest BCUT2D eigenvalue weighted by Gasteiger charge is 2.31. The van der Waals surface area contributed by atoms with E-state index in [1.54, 1.807) is 19.1 Å². The SMILES string of the molecule is CCc1cc(=O)[nH]c(-n2nc(CCc3cc(=O)[nH]c(-n4nc(C)cc4NC(=O)C4CC4)n3)cc2NC(=O)C2CC2)n1. The number of hydrogen-bond donors (Lipinski definition) is 4. The van der Waals surface area contributed by atoms with E-state index in [-0.39, 0.29) is 46.7 Å². The third kappa shape index (κ3) is 6.00. The largest absolute Gasteiger partial charge is 0.310 e. The first-order chi connectivity index (χ1) is 19.7. The number of nitrogens with zero attached hydrogens (tertiary/aromatic N) is 6. The van der Waals surface area contributed by atoms with Gasteiger partial charge in [0.25, 0.3) is 11.1 Å². The maximum absolute atomic E-state index is 12.6. The first kappa shape index (κ1) is 26.3. The normalized spacial score (nSPS) is 14.7. The number of carbonyl (C=O) groups is 2. The number of anilines is 2. The van der Waals surface area contributed by atoms with Gasteiger partial charge in [0.15, 0.2) is 0 Å². The Kier molecular flexibility index (Phi) is 6.81. The number of amides is 2. The summed E-state index contributed by atoms with van der Waals surface area (Å²) in [4.78, 5) is 64.1. The molecule has 0 saturated heterocycles. The number of carbonyl (C=O) groups excluding carboxylic acids is 2. The molecule has 0 atom stereocenters. The highest BCUT2D eigenvalue weighted by Crippen LogP contribution is 2.31. The van der Waals surface area contributed by atoms with Gasteiger partial charge in [0.2, 0.25) is 23.7 Å². The average Bonchev–Trinajstić information content (AvgIpc) is 3.87. The monoisotopic (exact) mass is 558 g/mol. The van der Waals surface area contributed by atoms with E-state index >= 15 is 0 Å². The third-order valence-electron chi connectivity index (χ3n) is 6.96. The third-order valence-corrected chi connectivity index (χ3v) is 6.96. The fraction of sp³-hybridized carbons (Fsp3) is 0.407. The van der Waals surface area contributed by atoms with Crippen LogP contribution in [0.3, 0.4) is 0 Å². The Morgan fingerprint density at radius 3 is 1.88 bits per heavy atom. The van der Waals surface area contributed by atoms with Gasteiger partial charge in [-0.1, -0.05) is 6.92 Å². The lowest BCUT2D eigenvalue weighted by atomic mass is 10.2. The van der Waals surface area contributed by atoms with Gasteiger partial charge < -0.3 is 10.6 Å². The lowest BCUT2D eigenvalue weighted by Crippen LogP contribution is -2.20. The molecule has 0 unspecified atom stereocenters. The molecule has 0 bridgehead atoms. The number of hydrogen-bond acceptors (Lipinski definition) is 8. The van der Waals surface area contributed by atoms with E-state index in [0.717, 1.165) is 25.7 Å². The Hall–Kier alpha value is -4.88. The summed E-state index contributed by atoms with van der Waals surface area (Å²) < 4.78 is 2.84. The maximum atomic E-state index is 12.6. The fourth-order valence-corrected chi connectivity index (χ4v) is 4.45. The molecule has 0 aromatic carbocycles. The summed E-state index contributed by atoms with van der Waals surface area (Å²) in [6.07, 6.45) is 4.70. The molecular weight excluding hydrogens is 528 g/mol. The second-order valence-corrected chi connectivity index (χ2v) is 10.5. The maximum Gasteiger partial charge on any atom is 0.252 e. The minimum absolute atomic E-state index is 0.00762. The summed E-state index contributed by atoms with van der Waals surface area (Å²) in [6.45, 7) is 3.69. The minimum atomic E-state index is -0.362. The van der Waals surface area contributed by atoms with Crippen molar-refractivity contribution in [3.8, 4) is 11.9 Å². The van der Waals surface area contributed by atoms with Crippen molar-refractivity contribution in [1.82, 2.24) is 39.5 Å². The second kappa shape index (κ2) is 10.6. The van der Waals surface area contributed by atoms with Gasteiger partial charge in [-0.25, -0.2) is 9.97 Å². The quantitative estimate of drug-likeness (QED) is 0.226. The topological polar surface area (TPSA) is 185 Å². The summed E-state index contributed by atoms with van der Waals surface area (Å²) in [5.41, 5.74) is 1.69. The molecule has 2 fully saturated rings. The van der Waals surface area contributed by atoms with Gasteiger partial charge in [0.1, 0.15) is 11.6 Å². The molecule has 14 heteroatoms. The van der Waals surface area contributed by atoms with Crippen LogP contribution in [-0.2, 0) is 28.9 Å². The Morgan fingerprint density at radius 1 is 0.780 bits per heavy atom. The standard InChI is InChI=1S/C27H30N10O4/c1-3-17-12-22(38)32-26(28-17)37-21(31-25(41)16-6-7-16)11-19(35-37)9-8-18-13-23(39)33-27(29-18)36-20(10-14(2)34-36)30-24(40)15-4-5-15/h10-13,15-16H,3-9H2,1-2H3,(H,30,40)(H,31,41)(H,28,32,38)(H,29,33,39). The van der Waals surface area contributed by atoms with Gasteiger partial charge in [-0.15, -0.1) is 0 Å². The molecule has 212 valence electrons. The van der Waals surface area contributed by atoms with Crippen molar-refractivity contribution >= 4 is 23.5 Å². The molecule has 0 aliphatic heterocycles. The minimum Gasteiger partial charge on any atom is -0.310 e. The van der Waals surface area contributed by atoms with E-state index in [1.165, 1.54) is 21.5 Å². The molecule has 0 spiro atoms. The van der Waals surface area contributed by atoms with Crippen LogP contribution >= 0.6 is 0 Å². The van der Waals surface area contributed by atoms with E-state index in [1.807, 2.05) is 6.92 Å². The van der Waals surface area contributed by atoms with Crippen LogP contribution < -0.4 is 21.8 Å². The first-order valence-corrected chi connectivity index (χ1v) is 13.7. The van der Waals surface area contributed by atoms with E-state index in [2.05, 4.69) is 40.8 Å². The molecule has 4 aromatic heterocycles. The van der Waals surface area contributed by atoms with Crippen LogP contribution in [0.4, 0.5) is 11.6 Å². The second-order valence-electron chi connectivity index (χ2n) is 10.5. The molecule has 4 heterocycles. The van der Waals surface area contributed by atoms with Gasteiger partial charge >= 0.3 is 0 Å². The van der Waals surface area contributed by atoms with Crippen molar-refractivity contribution in [1.29, 1.82) is 0 Å². The van der Waals surface area contributed by atoms with Gasteiger partial charge in [-0.2, -0.15) is 19.6 Å². The molecule has 41 heavy (non-hydrogen) atoms. The lowest BCUT2D eigenvalue weighted by molar-refractivity contribution is -0.118. The zero-order chi connectivity index (χ0) is 28.7. The van der Waals surface area contributed by atoms with E-state index < -0.39 is 0 Å². The summed E-state index contributed by atoms with van der Waals surface area (Å²) in [6, 6.07) is 6.29. The first-order valence-electron chi connectivity index (χ1n) is 13.7. The summed E-state index contributed by atoms with van der Waals surface area (Å²) >= 11 is 0. The van der Waals surface area contributed by atoms with Crippen LogP contribution in [0.2, 0.25) is 0 Å². The Balaban J connectivity index is 1.26. The van der Waals surface area contributed by atoms with Crippen molar-refractivity contribution in [2.45, 2.75) is 58.8 Å². The van der Waals surface area contributed by atoms with E-state index in [4.69, 9.17) is 0 Å². The van der Waals surface area contributed by atoms with Crippen LogP contribution in [0, 0.1) is 18.8 Å². The summed E-state index contributed by atoms with van der Waals surface area (Å²) in [5, 5.41) is 14.8. The zero-order valence-electron chi connectivity index (χ0n) is 22.7. The van der Waals surface area contributed by atoms with Gasteiger partial charge in [0.05, 0.1) is 17.1 Å². The van der Waals surface area contributed by atoms with Gasteiger partial charge in [0, 0.05) is 41.8 Å². The predicted molar refractivity (Wildman–Crippen MR) is 148 cm³/mol. The van der Waals surface area contributed by atoms with Crippen LogP contribution in [0.25, 0.3) is 11.9 Å². The molecule has 4 aromatic rings. The molecule has 2 saturated carbocycles. The van der Waals surface area contributed by atoms with Crippen LogP contribution in [-0.4, -0.2) is 51.3 Å². The molecule has 14 nitrogen and oxygen atoms in total. The highest BCUT2D eigenvalue weighted by molar-refractivity contribution is 5.94. The van der Waals surface area contributed by atoms with Crippen LogP contribution in [0.5, 0.6) is 0 Å². The molecule has 2 amide bonds. The Bertz CT molecular complexity index is 1760. The molecule has 2 aliphatic rings. The molecule has 6 rings (SSSR count). The van der Waals surface area contributed by atoms with Gasteiger partial charge in [-0.05, 0) is 51.9 Å². The van der Waals surface area contributed by atoms with Crippen molar-refractivity contribution in [2.24, 2.45) is 11.8 Å². The number of aromatic amines is 2. The zero-order valence-corrected chi connectivity index (χ0v) is 22.7. The Morgan fingerprint density at radius 2 is 1.29 bits per heavy atom. The Labute approximate surface area is 233 Å². The number of nitrogens with one attached hydrogen (secondary N) is 4. The van der Waals surface area contributed by atoms with Crippen molar-refractivity contribution in [2.75, 3.05) is 10.6 Å². The lowest BCUT2D eigenvalue weighted by Gasteiger charge is -2.09. The molecular formula is C27H30N10O4. The van der Waals surface area contributed by atoms with Crippen LogP contribution in [0.1, 0.15) is 55.4 Å². The summed E-state index contributed by atoms with van der Waals surface area (Å²) in [7, 11) is 0. The average molecular weight is 559 g/mol. The van der Waals surface area contributed by atoms with Crippen molar-refractivity contribution in [3.05, 3.63) is 67.7 Å². The van der Waals surface area contributed by atoms with Crippen LogP contribution in [0.15, 0.2) is 33.9 Å².